The number of hydrogen-bond acceptors (Lipinski definition) is 5. The van der Waals surface area contributed by atoms with Crippen molar-refractivity contribution in [3.63, 3.8) is 0 Å². The van der Waals surface area contributed by atoms with Crippen LogP contribution < -0.4 is 5.32 Å². The van der Waals surface area contributed by atoms with Crippen LogP contribution in [-0.4, -0.2) is 62.0 Å². The Hall–Kier alpha value is -1.87. The minimum atomic E-state index is -3.51. The summed E-state index contributed by atoms with van der Waals surface area (Å²) in [7, 11) is -3.51. The van der Waals surface area contributed by atoms with Crippen LogP contribution in [0.5, 0.6) is 0 Å². The Bertz CT molecular complexity index is 1060. The summed E-state index contributed by atoms with van der Waals surface area (Å²) in [5.41, 5.74) is 3.24. The lowest BCUT2D eigenvalue weighted by Crippen LogP contribution is -2.53. The Kier molecular flexibility index (Phi) is 6.71. The molecule has 2 aliphatic rings. The van der Waals surface area contributed by atoms with Gasteiger partial charge in [-0.2, -0.15) is 4.31 Å². The van der Waals surface area contributed by atoms with Gasteiger partial charge in [0.1, 0.15) is 0 Å². The first-order valence-corrected chi connectivity index (χ1v) is 13.4. The average molecular weight is 460 g/mol. The first-order valence-electron chi connectivity index (χ1n) is 10.7. The third kappa shape index (κ3) is 4.67. The van der Waals surface area contributed by atoms with E-state index in [9.17, 15) is 13.2 Å². The highest BCUT2D eigenvalue weighted by atomic mass is 32.2. The number of aryl methyl sites for hydroxylation is 2. The lowest BCUT2D eigenvalue weighted by atomic mass is 10.1. The summed E-state index contributed by atoms with van der Waals surface area (Å²) in [4.78, 5) is 16.3. The van der Waals surface area contributed by atoms with Crippen LogP contribution in [-0.2, 0) is 27.7 Å². The molecule has 1 aliphatic heterocycles. The van der Waals surface area contributed by atoms with Gasteiger partial charge in [0.15, 0.2) is 0 Å². The first kappa shape index (κ1) is 22.3. The molecule has 1 unspecified atom stereocenters. The number of hydrogen-bond donors (Lipinski definition) is 1. The Balaban J connectivity index is 1.38. The monoisotopic (exact) mass is 459 g/mol. The molecule has 1 N–H and O–H groups in total. The Labute approximate surface area is 189 Å². The SMILES string of the molecule is CSc1ccccc1NC(=O)C(C)N1CCN(S(=O)(=O)c2ccc3c(c2)CCC3)CC1. The number of carbonyl (C=O) groups excluding carboxylic acids is 1. The van der Waals surface area contributed by atoms with Crippen LogP contribution in [0.4, 0.5) is 5.69 Å². The van der Waals surface area contributed by atoms with E-state index in [0.29, 0.717) is 31.1 Å². The number of nitrogens with one attached hydrogen (secondary N) is 1. The van der Waals surface area contributed by atoms with E-state index in [1.165, 1.54) is 5.56 Å². The number of piperazine rings is 1. The van der Waals surface area contributed by atoms with Gasteiger partial charge in [-0.1, -0.05) is 18.2 Å². The van der Waals surface area contributed by atoms with E-state index in [-0.39, 0.29) is 11.9 Å². The van der Waals surface area contributed by atoms with Crippen molar-refractivity contribution in [1.29, 1.82) is 0 Å². The molecule has 166 valence electrons. The molecule has 4 rings (SSSR count). The predicted molar refractivity (Wildman–Crippen MR) is 125 cm³/mol. The molecule has 0 bridgehead atoms. The van der Waals surface area contributed by atoms with Gasteiger partial charge in [-0.15, -0.1) is 11.8 Å². The van der Waals surface area contributed by atoms with Crippen LogP contribution in [0.2, 0.25) is 0 Å². The Morgan fingerprint density at radius 2 is 1.74 bits per heavy atom. The second-order valence-corrected chi connectivity index (χ2v) is 10.9. The van der Waals surface area contributed by atoms with Gasteiger partial charge >= 0.3 is 0 Å². The van der Waals surface area contributed by atoms with Crippen molar-refractivity contribution in [2.75, 3.05) is 37.8 Å². The number of amides is 1. The standard InChI is InChI=1S/C23H29N3O3S2/c1-17(23(27)24-21-8-3-4-9-22(21)30-2)25-12-14-26(15-13-25)31(28,29)20-11-10-18-6-5-7-19(18)16-20/h3-4,8-11,16-17H,5-7,12-15H2,1-2H3,(H,24,27). The van der Waals surface area contributed by atoms with Crippen LogP contribution in [0.3, 0.4) is 0 Å². The fraction of sp³-hybridized carbons (Fsp3) is 0.435. The number of nitrogens with zero attached hydrogens (tertiary/aromatic N) is 2. The molecule has 1 saturated heterocycles. The zero-order valence-corrected chi connectivity index (χ0v) is 19.6. The molecule has 0 spiro atoms. The molecule has 2 aromatic rings. The van der Waals surface area contributed by atoms with Crippen LogP contribution in [0.15, 0.2) is 52.3 Å². The zero-order chi connectivity index (χ0) is 22.0. The highest BCUT2D eigenvalue weighted by Gasteiger charge is 2.32. The summed E-state index contributed by atoms with van der Waals surface area (Å²) < 4.78 is 27.8. The van der Waals surface area contributed by atoms with E-state index in [4.69, 9.17) is 0 Å². The molecule has 1 heterocycles. The van der Waals surface area contributed by atoms with Crippen molar-refractivity contribution in [1.82, 2.24) is 9.21 Å². The molecule has 1 fully saturated rings. The average Bonchev–Trinajstić information content (AvgIpc) is 3.27. The van der Waals surface area contributed by atoms with E-state index in [1.807, 2.05) is 54.5 Å². The van der Waals surface area contributed by atoms with E-state index >= 15 is 0 Å². The molecule has 1 amide bonds. The third-order valence-electron chi connectivity index (χ3n) is 6.27. The number of rotatable bonds is 6. The molecule has 1 atom stereocenters. The van der Waals surface area contributed by atoms with Gasteiger partial charge in [0.2, 0.25) is 15.9 Å². The van der Waals surface area contributed by atoms with E-state index in [0.717, 1.165) is 35.4 Å². The van der Waals surface area contributed by atoms with Crippen LogP contribution in [0, 0.1) is 0 Å². The highest BCUT2D eigenvalue weighted by molar-refractivity contribution is 7.98. The van der Waals surface area contributed by atoms with Crippen LogP contribution >= 0.6 is 11.8 Å². The van der Waals surface area contributed by atoms with E-state index < -0.39 is 10.0 Å². The van der Waals surface area contributed by atoms with Crippen molar-refractivity contribution in [2.24, 2.45) is 0 Å². The van der Waals surface area contributed by atoms with Crippen molar-refractivity contribution in [2.45, 2.75) is 42.0 Å². The first-order chi connectivity index (χ1) is 14.9. The fourth-order valence-electron chi connectivity index (χ4n) is 4.34. The molecule has 0 aromatic heterocycles. The van der Waals surface area contributed by atoms with Crippen LogP contribution in [0.25, 0.3) is 0 Å². The number of thioether (sulfide) groups is 1. The second-order valence-electron chi connectivity index (χ2n) is 8.09. The fourth-order valence-corrected chi connectivity index (χ4v) is 6.37. The predicted octanol–water partition coefficient (Wildman–Crippen LogP) is 3.23. The Morgan fingerprint density at radius 1 is 1.03 bits per heavy atom. The van der Waals surface area contributed by atoms with Crippen LogP contribution in [0.1, 0.15) is 24.5 Å². The minimum Gasteiger partial charge on any atom is -0.324 e. The summed E-state index contributed by atoms with van der Waals surface area (Å²) >= 11 is 1.59. The molecule has 0 saturated carbocycles. The number of anilines is 1. The molecule has 8 heteroatoms. The summed E-state index contributed by atoms with van der Waals surface area (Å²) in [5, 5.41) is 3.02. The molecule has 2 aromatic carbocycles. The van der Waals surface area contributed by atoms with Crippen molar-refractivity contribution in [3.05, 3.63) is 53.6 Å². The summed E-state index contributed by atoms with van der Waals surface area (Å²) in [6, 6.07) is 13.0. The maximum atomic E-state index is 13.1. The molecule has 1 aliphatic carbocycles. The molecule has 6 nitrogen and oxygen atoms in total. The number of benzene rings is 2. The van der Waals surface area contributed by atoms with Gasteiger partial charge in [0.05, 0.1) is 16.6 Å². The second kappa shape index (κ2) is 9.32. The van der Waals surface area contributed by atoms with Crippen molar-refractivity contribution < 1.29 is 13.2 Å². The van der Waals surface area contributed by atoms with Gasteiger partial charge in [0, 0.05) is 31.1 Å². The summed E-state index contributed by atoms with van der Waals surface area (Å²) in [5.74, 6) is -0.0728. The summed E-state index contributed by atoms with van der Waals surface area (Å²) in [6.45, 7) is 3.71. The zero-order valence-electron chi connectivity index (χ0n) is 18.0. The number of sulfonamides is 1. The smallest absolute Gasteiger partial charge is 0.243 e. The van der Waals surface area contributed by atoms with Gasteiger partial charge in [-0.05, 0) is 67.8 Å². The maximum Gasteiger partial charge on any atom is 0.243 e. The lowest BCUT2D eigenvalue weighted by Gasteiger charge is -2.36. The topological polar surface area (TPSA) is 69.7 Å². The number of fused-ring (bicyclic) bond motifs is 1. The maximum absolute atomic E-state index is 13.1. The number of para-hydroxylation sites is 1. The van der Waals surface area contributed by atoms with Crippen molar-refractivity contribution >= 4 is 33.4 Å². The normalized spacial score (nSPS) is 18.5. The van der Waals surface area contributed by atoms with E-state index in [1.54, 1.807) is 22.1 Å². The van der Waals surface area contributed by atoms with Gasteiger partial charge in [-0.3, -0.25) is 9.69 Å². The summed E-state index contributed by atoms with van der Waals surface area (Å²) in [6.07, 6.45) is 5.07. The molecular weight excluding hydrogens is 430 g/mol. The third-order valence-corrected chi connectivity index (χ3v) is 8.96. The molecule has 31 heavy (non-hydrogen) atoms. The van der Waals surface area contributed by atoms with Gasteiger partial charge in [-0.25, -0.2) is 8.42 Å². The van der Waals surface area contributed by atoms with Gasteiger partial charge in [0.25, 0.3) is 0 Å². The minimum absolute atomic E-state index is 0.0728. The molecular formula is C23H29N3O3S2. The number of carbonyl (C=O) groups is 1. The van der Waals surface area contributed by atoms with E-state index in [2.05, 4.69) is 5.32 Å². The Morgan fingerprint density at radius 3 is 2.48 bits per heavy atom. The van der Waals surface area contributed by atoms with Gasteiger partial charge < -0.3 is 5.32 Å². The highest BCUT2D eigenvalue weighted by Crippen LogP contribution is 2.27. The molecule has 0 radical (unpaired) electrons. The quantitative estimate of drug-likeness (QED) is 0.672. The lowest BCUT2D eigenvalue weighted by molar-refractivity contribution is -0.121. The van der Waals surface area contributed by atoms with Crippen molar-refractivity contribution in [3.8, 4) is 0 Å². The largest absolute Gasteiger partial charge is 0.324 e.